The van der Waals surface area contributed by atoms with Gasteiger partial charge >= 0.3 is 0 Å². The average Bonchev–Trinajstić information content (AvgIpc) is 3.03. The minimum Gasteiger partial charge on any atom is -0.490 e. The maximum atomic E-state index is 12.8. The number of fused-ring (bicyclic) bond motifs is 1. The van der Waals surface area contributed by atoms with E-state index in [1.807, 2.05) is 20.8 Å². The van der Waals surface area contributed by atoms with Crippen molar-refractivity contribution in [2.24, 2.45) is 0 Å². The number of amides is 1. The summed E-state index contributed by atoms with van der Waals surface area (Å²) in [5.74, 6) is 1.74. The third-order valence-electron chi connectivity index (χ3n) is 3.92. The van der Waals surface area contributed by atoms with E-state index in [1.165, 1.54) is 0 Å². The Hall–Kier alpha value is -3.22. The molecule has 0 aliphatic heterocycles. The fourth-order valence-electron chi connectivity index (χ4n) is 2.84. The summed E-state index contributed by atoms with van der Waals surface area (Å²) in [6.45, 7) is 8.76. The highest BCUT2D eigenvalue weighted by molar-refractivity contribution is 6.05. The van der Waals surface area contributed by atoms with Gasteiger partial charge in [-0.2, -0.15) is 0 Å². The standard InChI is InChI=1S/C21H24N2O5/c1-5-25-18-10-14(11-19(26-6-2)20(18)27-7-3)21(24)23-15-8-9-17-16(12-15)22-13(4)28-17/h8-12H,5-7H2,1-4H3,(H,23,24). The Bertz CT molecular complexity index is 953. The monoisotopic (exact) mass is 384 g/mol. The lowest BCUT2D eigenvalue weighted by atomic mass is 10.1. The van der Waals surface area contributed by atoms with Crippen molar-refractivity contribution < 1.29 is 23.4 Å². The van der Waals surface area contributed by atoms with Crippen molar-refractivity contribution in [1.82, 2.24) is 4.98 Å². The Morgan fingerprint density at radius 2 is 1.64 bits per heavy atom. The fraction of sp³-hybridized carbons (Fsp3) is 0.333. The summed E-state index contributed by atoms with van der Waals surface area (Å²) in [6.07, 6.45) is 0. The van der Waals surface area contributed by atoms with Crippen molar-refractivity contribution in [2.45, 2.75) is 27.7 Å². The van der Waals surface area contributed by atoms with Crippen molar-refractivity contribution in [2.75, 3.05) is 25.1 Å². The molecule has 0 atom stereocenters. The van der Waals surface area contributed by atoms with E-state index in [1.54, 1.807) is 37.3 Å². The number of nitrogens with one attached hydrogen (secondary N) is 1. The van der Waals surface area contributed by atoms with Crippen LogP contribution in [0.15, 0.2) is 34.7 Å². The van der Waals surface area contributed by atoms with E-state index >= 15 is 0 Å². The van der Waals surface area contributed by atoms with Crippen LogP contribution in [-0.4, -0.2) is 30.7 Å². The third kappa shape index (κ3) is 4.19. The van der Waals surface area contributed by atoms with Crippen molar-refractivity contribution in [3.8, 4) is 17.2 Å². The first-order valence-electron chi connectivity index (χ1n) is 9.30. The fourth-order valence-corrected chi connectivity index (χ4v) is 2.84. The van der Waals surface area contributed by atoms with E-state index in [0.717, 1.165) is 0 Å². The van der Waals surface area contributed by atoms with Crippen LogP contribution in [-0.2, 0) is 0 Å². The maximum Gasteiger partial charge on any atom is 0.255 e. The molecule has 0 radical (unpaired) electrons. The van der Waals surface area contributed by atoms with Crippen LogP contribution in [0.25, 0.3) is 11.1 Å². The van der Waals surface area contributed by atoms with Gasteiger partial charge in [0.25, 0.3) is 5.91 Å². The predicted octanol–water partition coefficient (Wildman–Crippen LogP) is 4.58. The van der Waals surface area contributed by atoms with Gasteiger partial charge in [-0.05, 0) is 51.1 Å². The number of carbonyl (C=O) groups is 1. The van der Waals surface area contributed by atoms with Crippen molar-refractivity contribution in [3.05, 3.63) is 41.8 Å². The summed E-state index contributed by atoms with van der Waals surface area (Å²) in [5, 5.41) is 2.88. The van der Waals surface area contributed by atoms with Gasteiger partial charge in [-0.15, -0.1) is 0 Å². The van der Waals surface area contributed by atoms with E-state index in [-0.39, 0.29) is 5.91 Å². The van der Waals surface area contributed by atoms with Crippen LogP contribution in [0, 0.1) is 6.92 Å². The molecule has 1 N–H and O–H groups in total. The minimum absolute atomic E-state index is 0.287. The molecule has 0 aliphatic carbocycles. The molecule has 0 bridgehead atoms. The molecule has 0 saturated heterocycles. The number of hydrogen-bond acceptors (Lipinski definition) is 6. The van der Waals surface area contributed by atoms with E-state index < -0.39 is 0 Å². The molecule has 148 valence electrons. The highest BCUT2D eigenvalue weighted by Gasteiger charge is 2.18. The number of hydrogen-bond donors (Lipinski definition) is 1. The lowest BCUT2D eigenvalue weighted by Crippen LogP contribution is -2.13. The Kier molecular flexibility index (Phi) is 6.03. The van der Waals surface area contributed by atoms with Gasteiger partial charge in [0.05, 0.1) is 19.8 Å². The van der Waals surface area contributed by atoms with Gasteiger partial charge in [-0.1, -0.05) is 0 Å². The molecule has 2 aromatic carbocycles. The zero-order chi connectivity index (χ0) is 20.1. The van der Waals surface area contributed by atoms with Crippen LogP contribution in [0.5, 0.6) is 17.2 Å². The number of rotatable bonds is 8. The Balaban J connectivity index is 1.92. The van der Waals surface area contributed by atoms with Gasteiger partial charge in [-0.3, -0.25) is 4.79 Å². The van der Waals surface area contributed by atoms with Crippen LogP contribution in [0.1, 0.15) is 37.0 Å². The highest BCUT2D eigenvalue weighted by atomic mass is 16.5. The molecule has 0 spiro atoms. The average molecular weight is 384 g/mol. The molecule has 28 heavy (non-hydrogen) atoms. The van der Waals surface area contributed by atoms with E-state index in [0.29, 0.717) is 65.3 Å². The molecule has 0 saturated carbocycles. The normalized spacial score (nSPS) is 10.7. The SMILES string of the molecule is CCOc1cc(C(=O)Nc2ccc3oc(C)nc3c2)cc(OCC)c1OCC. The number of benzene rings is 2. The molecule has 0 fully saturated rings. The number of oxazole rings is 1. The predicted molar refractivity (Wildman–Crippen MR) is 107 cm³/mol. The summed E-state index contributed by atoms with van der Waals surface area (Å²) >= 11 is 0. The zero-order valence-corrected chi connectivity index (χ0v) is 16.5. The van der Waals surface area contributed by atoms with Crippen molar-refractivity contribution in [3.63, 3.8) is 0 Å². The first-order chi connectivity index (χ1) is 13.5. The van der Waals surface area contributed by atoms with Crippen LogP contribution in [0.4, 0.5) is 5.69 Å². The van der Waals surface area contributed by atoms with Crippen molar-refractivity contribution in [1.29, 1.82) is 0 Å². The molecule has 3 rings (SSSR count). The van der Waals surface area contributed by atoms with Crippen LogP contribution in [0.3, 0.4) is 0 Å². The van der Waals surface area contributed by atoms with Gasteiger partial charge in [-0.25, -0.2) is 4.98 Å². The van der Waals surface area contributed by atoms with Crippen LogP contribution < -0.4 is 19.5 Å². The number of aromatic nitrogens is 1. The quantitative estimate of drug-likeness (QED) is 0.612. The largest absolute Gasteiger partial charge is 0.490 e. The molecular formula is C21H24N2O5. The number of carbonyl (C=O) groups excluding carboxylic acids is 1. The Morgan fingerprint density at radius 1 is 1.00 bits per heavy atom. The van der Waals surface area contributed by atoms with Gasteiger partial charge in [0.2, 0.25) is 5.75 Å². The first kappa shape index (κ1) is 19.5. The lowest BCUT2D eigenvalue weighted by Gasteiger charge is -2.17. The molecule has 3 aromatic rings. The van der Waals surface area contributed by atoms with Crippen LogP contribution >= 0.6 is 0 Å². The van der Waals surface area contributed by atoms with Gasteiger partial charge in [0.15, 0.2) is 23.0 Å². The Morgan fingerprint density at radius 3 is 2.25 bits per heavy atom. The molecule has 1 amide bonds. The second-order valence-corrected chi connectivity index (χ2v) is 5.97. The molecule has 7 nitrogen and oxygen atoms in total. The summed E-state index contributed by atoms with van der Waals surface area (Å²) in [6, 6.07) is 8.63. The number of nitrogens with zero attached hydrogens (tertiary/aromatic N) is 1. The van der Waals surface area contributed by atoms with Crippen LogP contribution in [0.2, 0.25) is 0 Å². The zero-order valence-electron chi connectivity index (χ0n) is 16.5. The van der Waals surface area contributed by atoms with E-state index in [2.05, 4.69) is 10.3 Å². The molecule has 1 heterocycles. The van der Waals surface area contributed by atoms with Gasteiger partial charge in [0.1, 0.15) is 5.52 Å². The van der Waals surface area contributed by atoms with Crippen molar-refractivity contribution >= 4 is 22.7 Å². The lowest BCUT2D eigenvalue weighted by molar-refractivity contribution is 0.102. The number of anilines is 1. The number of ether oxygens (including phenoxy) is 3. The second-order valence-electron chi connectivity index (χ2n) is 5.97. The molecule has 0 aliphatic rings. The summed E-state index contributed by atoms with van der Waals surface area (Å²) in [5.41, 5.74) is 2.39. The molecule has 7 heteroatoms. The van der Waals surface area contributed by atoms with Gasteiger partial charge in [0, 0.05) is 18.2 Å². The Labute approximate surface area is 163 Å². The molecule has 0 unspecified atom stereocenters. The summed E-state index contributed by atoms with van der Waals surface area (Å²) < 4.78 is 22.5. The summed E-state index contributed by atoms with van der Waals surface area (Å²) in [4.78, 5) is 17.1. The summed E-state index contributed by atoms with van der Waals surface area (Å²) in [7, 11) is 0. The molecule has 1 aromatic heterocycles. The first-order valence-corrected chi connectivity index (χ1v) is 9.30. The maximum absolute atomic E-state index is 12.8. The highest BCUT2D eigenvalue weighted by Crippen LogP contribution is 2.39. The smallest absolute Gasteiger partial charge is 0.255 e. The second kappa shape index (κ2) is 8.65. The third-order valence-corrected chi connectivity index (χ3v) is 3.92. The van der Waals surface area contributed by atoms with Gasteiger partial charge < -0.3 is 23.9 Å². The van der Waals surface area contributed by atoms with E-state index in [4.69, 9.17) is 18.6 Å². The van der Waals surface area contributed by atoms with E-state index in [9.17, 15) is 4.79 Å². The number of aryl methyl sites for hydroxylation is 1. The molecular weight excluding hydrogens is 360 g/mol. The topological polar surface area (TPSA) is 82.8 Å². The minimum atomic E-state index is -0.287.